The topological polar surface area (TPSA) is 70.2 Å². The summed E-state index contributed by atoms with van der Waals surface area (Å²) in [5, 5.41) is 0. The molecule has 154 valence electrons. The van der Waals surface area contributed by atoms with E-state index < -0.39 is 5.56 Å². The molecule has 1 aliphatic rings. The molecule has 30 heavy (non-hydrogen) atoms. The lowest BCUT2D eigenvalue weighted by Crippen LogP contribution is -2.36. The number of carbonyl (C=O) groups excluding carboxylic acids is 2. The fraction of sp³-hybridized carbons (Fsp3) is 0.292. The Morgan fingerprint density at radius 1 is 1.10 bits per heavy atom. The largest absolute Gasteiger partial charge is 0.333 e. The van der Waals surface area contributed by atoms with E-state index in [4.69, 9.17) is 0 Å². The number of fused-ring (bicyclic) bond motifs is 1. The molecule has 2 heterocycles. The zero-order valence-corrected chi connectivity index (χ0v) is 17.8. The van der Waals surface area contributed by atoms with Gasteiger partial charge in [0, 0.05) is 34.0 Å². The minimum Gasteiger partial charge on any atom is -0.333 e. The van der Waals surface area contributed by atoms with Crippen LogP contribution < -0.4 is 5.56 Å². The number of thiophene rings is 1. The van der Waals surface area contributed by atoms with Crippen LogP contribution in [0.3, 0.4) is 0 Å². The molecule has 1 aromatic carbocycles. The van der Waals surface area contributed by atoms with Crippen molar-refractivity contribution in [2.24, 2.45) is 0 Å². The molecule has 1 amide bonds. The monoisotopic (exact) mass is 420 g/mol. The molecular formula is C24H24N2O3S. The lowest BCUT2D eigenvalue weighted by Gasteiger charge is -2.23. The van der Waals surface area contributed by atoms with Crippen LogP contribution in [0.15, 0.2) is 53.3 Å². The number of pyridine rings is 1. The highest BCUT2D eigenvalue weighted by atomic mass is 32.1. The minimum absolute atomic E-state index is 0.00809. The Morgan fingerprint density at radius 3 is 2.63 bits per heavy atom. The average molecular weight is 421 g/mol. The van der Waals surface area contributed by atoms with Crippen molar-refractivity contribution in [2.75, 3.05) is 6.54 Å². The summed E-state index contributed by atoms with van der Waals surface area (Å²) in [6.45, 7) is 2.96. The molecule has 0 radical (unpaired) electrons. The number of H-pyrrole nitrogens is 1. The molecule has 5 nitrogen and oxygen atoms in total. The normalized spacial score (nSPS) is 13.2. The second-order valence-electron chi connectivity index (χ2n) is 7.66. The second kappa shape index (κ2) is 8.79. The summed E-state index contributed by atoms with van der Waals surface area (Å²) in [4.78, 5) is 45.1. The van der Waals surface area contributed by atoms with E-state index in [1.54, 1.807) is 16.2 Å². The van der Waals surface area contributed by atoms with Gasteiger partial charge in [-0.05, 0) is 49.9 Å². The quantitative estimate of drug-likeness (QED) is 0.651. The van der Waals surface area contributed by atoms with E-state index in [0.29, 0.717) is 43.6 Å². The minimum atomic E-state index is -0.416. The van der Waals surface area contributed by atoms with Crippen LogP contribution in [0.1, 0.15) is 54.6 Å². The molecule has 0 aliphatic heterocycles. The molecule has 4 rings (SSSR count). The van der Waals surface area contributed by atoms with E-state index >= 15 is 0 Å². The highest BCUT2D eigenvalue weighted by Gasteiger charge is 2.25. The number of hydrogen-bond donors (Lipinski definition) is 1. The highest BCUT2D eigenvalue weighted by molar-refractivity contribution is 7.11. The van der Waals surface area contributed by atoms with Crippen molar-refractivity contribution in [2.45, 2.75) is 39.2 Å². The number of aromatic nitrogens is 1. The van der Waals surface area contributed by atoms with Gasteiger partial charge >= 0.3 is 0 Å². The molecule has 0 saturated carbocycles. The van der Waals surface area contributed by atoms with E-state index in [9.17, 15) is 14.4 Å². The van der Waals surface area contributed by atoms with Crippen molar-refractivity contribution in [1.29, 1.82) is 0 Å². The lowest BCUT2D eigenvalue weighted by atomic mass is 9.93. The van der Waals surface area contributed by atoms with Gasteiger partial charge in [-0.3, -0.25) is 14.4 Å². The Bertz CT molecular complexity index is 1130. The van der Waals surface area contributed by atoms with E-state index in [2.05, 4.69) is 4.98 Å². The molecule has 0 saturated heterocycles. The SMILES string of the molecule is Cc1ccc(CN(CCc2ccccc2)C(=O)c2cc3c([nH]c2=O)CCCC3=O)s1. The van der Waals surface area contributed by atoms with Crippen molar-refractivity contribution in [3.63, 3.8) is 0 Å². The van der Waals surface area contributed by atoms with Gasteiger partial charge in [-0.1, -0.05) is 30.3 Å². The summed E-state index contributed by atoms with van der Waals surface area (Å²) >= 11 is 1.64. The van der Waals surface area contributed by atoms with Gasteiger partial charge in [0.25, 0.3) is 11.5 Å². The predicted octanol–water partition coefficient (Wildman–Crippen LogP) is 4.15. The van der Waals surface area contributed by atoms with E-state index in [1.165, 1.54) is 10.9 Å². The molecule has 6 heteroatoms. The number of aryl methyl sites for hydroxylation is 2. The van der Waals surface area contributed by atoms with Crippen molar-refractivity contribution in [3.05, 3.63) is 91.0 Å². The maximum Gasteiger partial charge on any atom is 0.261 e. The molecule has 0 unspecified atom stereocenters. The van der Waals surface area contributed by atoms with Gasteiger partial charge in [-0.15, -0.1) is 11.3 Å². The molecule has 0 atom stereocenters. The highest BCUT2D eigenvalue weighted by Crippen LogP contribution is 2.21. The smallest absolute Gasteiger partial charge is 0.261 e. The molecule has 0 bridgehead atoms. The van der Waals surface area contributed by atoms with Crippen LogP contribution in [0.2, 0.25) is 0 Å². The van der Waals surface area contributed by atoms with E-state index in [1.807, 2.05) is 49.4 Å². The third kappa shape index (κ3) is 4.44. The number of aromatic amines is 1. The fourth-order valence-electron chi connectivity index (χ4n) is 3.82. The summed E-state index contributed by atoms with van der Waals surface area (Å²) in [7, 11) is 0. The van der Waals surface area contributed by atoms with Gasteiger partial charge in [0.15, 0.2) is 5.78 Å². The Kier molecular flexibility index (Phi) is 5.95. The zero-order valence-electron chi connectivity index (χ0n) is 16.9. The number of nitrogens with one attached hydrogen (secondary N) is 1. The Balaban J connectivity index is 1.63. The first-order valence-corrected chi connectivity index (χ1v) is 11.0. The Morgan fingerprint density at radius 2 is 1.90 bits per heavy atom. The molecule has 0 spiro atoms. The van der Waals surface area contributed by atoms with Gasteiger partial charge in [0.05, 0.1) is 6.54 Å². The molecule has 0 fully saturated rings. The number of rotatable bonds is 6. The van der Waals surface area contributed by atoms with Crippen LogP contribution in [-0.4, -0.2) is 28.1 Å². The van der Waals surface area contributed by atoms with Gasteiger partial charge in [0.2, 0.25) is 0 Å². The summed E-state index contributed by atoms with van der Waals surface area (Å²) in [5.74, 6) is -0.342. The molecular weight excluding hydrogens is 396 g/mol. The van der Waals surface area contributed by atoms with Crippen LogP contribution >= 0.6 is 11.3 Å². The van der Waals surface area contributed by atoms with Crippen LogP contribution in [0.25, 0.3) is 0 Å². The Labute approximate surface area is 179 Å². The van der Waals surface area contributed by atoms with E-state index in [-0.39, 0.29) is 17.3 Å². The number of amides is 1. The van der Waals surface area contributed by atoms with Gasteiger partial charge < -0.3 is 9.88 Å². The first-order chi connectivity index (χ1) is 14.5. The standard InChI is InChI=1S/C24H24N2O3S/c1-16-10-11-18(30-16)15-26(13-12-17-6-3-2-4-7-17)24(29)20-14-19-21(25-23(20)28)8-5-9-22(19)27/h2-4,6-7,10-11,14H,5,8-9,12-13,15H2,1H3,(H,25,28). The molecule has 2 aromatic heterocycles. The van der Waals surface area contributed by atoms with E-state index in [0.717, 1.165) is 16.9 Å². The van der Waals surface area contributed by atoms with Crippen LogP contribution in [0, 0.1) is 6.92 Å². The van der Waals surface area contributed by atoms with Gasteiger partial charge in [-0.2, -0.15) is 0 Å². The Hall–Kier alpha value is -2.99. The van der Waals surface area contributed by atoms with Crippen LogP contribution in [-0.2, 0) is 19.4 Å². The number of benzene rings is 1. The molecule has 1 aliphatic carbocycles. The van der Waals surface area contributed by atoms with Crippen molar-refractivity contribution in [1.82, 2.24) is 9.88 Å². The molecule has 3 aromatic rings. The number of ketones is 1. The number of Topliss-reactive ketones (excluding diaryl/α,β-unsaturated/α-hetero) is 1. The number of carbonyl (C=O) groups is 2. The molecule has 1 N–H and O–H groups in total. The first kappa shape index (κ1) is 20.3. The predicted molar refractivity (Wildman–Crippen MR) is 118 cm³/mol. The van der Waals surface area contributed by atoms with Gasteiger partial charge in [-0.25, -0.2) is 0 Å². The third-order valence-corrected chi connectivity index (χ3v) is 6.41. The fourth-order valence-corrected chi connectivity index (χ4v) is 4.73. The maximum atomic E-state index is 13.4. The average Bonchev–Trinajstić information content (AvgIpc) is 3.16. The van der Waals surface area contributed by atoms with Crippen molar-refractivity contribution in [3.8, 4) is 0 Å². The summed E-state index contributed by atoms with van der Waals surface area (Å²) < 4.78 is 0. The van der Waals surface area contributed by atoms with Gasteiger partial charge in [0.1, 0.15) is 5.56 Å². The number of nitrogens with zero attached hydrogens (tertiary/aromatic N) is 1. The zero-order chi connectivity index (χ0) is 21.1. The summed E-state index contributed by atoms with van der Waals surface area (Å²) in [6.07, 6.45) is 2.55. The third-order valence-electron chi connectivity index (χ3n) is 5.43. The van der Waals surface area contributed by atoms with Crippen molar-refractivity contribution < 1.29 is 9.59 Å². The van der Waals surface area contributed by atoms with Crippen molar-refractivity contribution >= 4 is 23.0 Å². The first-order valence-electron chi connectivity index (χ1n) is 10.2. The van der Waals surface area contributed by atoms with Crippen LogP contribution in [0.5, 0.6) is 0 Å². The summed E-state index contributed by atoms with van der Waals surface area (Å²) in [5.41, 5.74) is 1.90. The lowest BCUT2D eigenvalue weighted by molar-refractivity contribution is 0.0745. The second-order valence-corrected chi connectivity index (χ2v) is 9.03. The maximum absolute atomic E-state index is 13.4. The number of hydrogen-bond acceptors (Lipinski definition) is 4. The summed E-state index contributed by atoms with van der Waals surface area (Å²) in [6, 6.07) is 15.5. The van der Waals surface area contributed by atoms with Crippen LogP contribution in [0.4, 0.5) is 0 Å².